The van der Waals surface area contributed by atoms with E-state index in [1.54, 1.807) is 29.2 Å². The smallest absolute Gasteiger partial charge is 0.290 e. The van der Waals surface area contributed by atoms with E-state index in [9.17, 15) is 14.7 Å². The van der Waals surface area contributed by atoms with Crippen LogP contribution in [0, 0.1) is 0 Å². The molecule has 1 saturated heterocycles. The minimum absolute atomic E-state index is 0.0147. The quantitative estimate of drug-likeness (QED) is 0.873. The molecule has 1 amide bonds. The van der Waals surface area contributed by atoms with Crippen molar-refractivity contribution in [1.82, 2.24) is 9.88 Å². The Labute approximate surface area is 127 Å². The van der Waals surface area contributed by atoms with Crippen molar-refractivity contribution in [2.75, 3.05) is 26.3 Å². The lowest BCUT2D eigenvalue weighted by atomic mass is 10.0. The molecule has 2 N–H and O–H groups in total. The Morgan fingerprint density at radius 3 is 2.45 bits per heavy atom. The zero-order valence-electron chi connectivity index (χ0n) is 11.9. The van der Waals surface area contributed by atoms with Crippen molar-refractivity contribution in [2.45, 2.75) is 0 Å². The van der Waals surface area contributed by atoms with Crippen molar-refractivity contribution in [2.24, 2.45) is 0 Å². The van der Waals surface area contributed by atoms with E-state index in [0.717, 1.165) is 5.56 Å². The monoisotopic (exact) mass is 300 g/mol. The van der Waals surface area contributed by atoms with Gasteiger partial charge in [-0.15, -0.1) is 0 Å². The molecule has 114 valence electrons. The minimum Gasteiger partial charge on any atom is -0.503 e. The van der Waals surface area contributed by atoms with Crippen molar-refractivity contribution in [3.05, 3.63) is 52.4 Å². The first-order valence-corrected chi connectivity index (χ1v) is 7.04. The van der Waals surface area contributed by atoms with Crippen molar-refractivity contribution in [1.29, 1.82) is 0 Å². The summed E-state index contributed by atoms with van der Waals surface area (Å²) in [4.78, 5) is 27.7. The Morgan fingerprint density at radius 1 is 1.14 bits per heavy atom. The molecule has 1 aliphatic rings. The van der Waals surface area contributed by atoms with E-state index in [2.05, 4.69) is 4.98 Å². The number of pyridine rings is 1. The van der Waals surface area contributed by atoms with Crippen molar-refractivity contribution in [3.8, 4) is 16.9 Å². The predicted molar refractivity (Wildman–Crippen MR) is 80.9 cm³/mol. The average molecular weight is 300 g/mol. The summed E-state index contributed by atoms with van der Waals surface area (Å²) in [6.07, 6.45) is 1.53. The van der Waals surface area contributed by atoms with E-state index in [1.165, 1.54) is 12.3 Å². The number of nitrogens with zero attached hydrogens (tertiary/aromatic N) is 1. The van der Waals surface area contributed by atoms with Crippen LogP contribution < -0.4 is 5.56 Å². The summed E-state index contributed by atoms with van der Waals surface area (Å²) in [7, 11) is 0. The van der Waals surface area contributed by atoms with Crippen LogP contribution in [0.25, 0.3) is 11.1 Å². The standard InChI is InChI=1S/C16H16N2O4/c19-14-9-13(10-17-15(14)20)11-1-3-12(4-2-11)16(21)18-5-7-22-8-6-18/h1-4,9-10,19H,5-8H2,(H,17,20). The van der Waals surface area contributed by atoms with Crippen LogP contribution in [0.3, 0.4) is 0 Å². The van der Waals surface area contributed by atoms with Crippen LogP contribution in [-0.4, -0.2) is 47.2 Å². The fraction of sp³-hybridized carbons (Fsp3) is 0.250. The summed E-state index contributed by atoms with van der Waals surface area (Å²) in [6.45, 7) is 2.35. The molecule has 6 nitrogen and oxygen atoms in total. The van der Waals surface area contributed by atoms with Gasteiger partial charge in [0, 0.05) is 30.4 Å². The Bertz CT molecular complexity index is 731. The first kappa shape index (κ1) is 14.3. The van der Waals surface area contributed by atoms with Gasteiger partial charge in [0.25, 0.3) is 11.5 Å². The molecule has 0 atom stereocenters. The molecule has 3 rings (SSSR count). The number of aromatic nitrogens is 1. The second kappa shape index (κ2) is 6.03. The Kier molecular flexibility index (Phi) is 3.93. The van der Waals surface area contributed by atoms with Crippen LogP contribution in [0.2, 0.25) is 0 Å². The minimum atomic E-state index is -0.525. The molecule has 0 saturated carbocycles. The van der Waals surface area contributed by atoms with Gasteiger partial charge >= 0.3 is 0 Å². The summed E-state index contributed by atoms with van der Waals surface area (Å²) in [5.74, 6) is -0.342. The van der Waals surface area contributed by atoms with Gasteiger partial charge in [-0.2, -0.15) is 0 Å². The number of rotatable bonds is 2. The van der Waals surface area contributed by atoms with Crippen molar-refractivity contribution in [3.63, 3.8) is 0 Å². The van der Waals surface area contributed by atoms with Crippen LogP contribution in [0.4, 0.5) is 0 Å². The molecular weight excluding hydrogens is 284 g/mol. The number of aromatic amines is 1. The molecule has 0 bridgehead atoms. The summed E-state index contributed by atoms with van der Waals surface area (Å²) in [6, 6.07) is 8.48. The van der Waals surface area contributed by atoms with Gasteiger partial charge in [0.1, 0.15) is 0 Å². The maximum Gasteiger partial charge on any atom is 0.290 e. The van der Waals surface area contributed by atoms with Crippen LogP contribution in [0.15, 0.2) is 41.3 Å². The zero-order chi connectivity index (χ0) is 15.5. The number of aromatic hydroxyl groups is 1. The van der Waals surface area contributed by atoms with Crippen LogP contribution in [-0.2, 0) is 4.74 Å². The van der Waals surface area contributed by atoms with E-state index in [1.807, 2.05) is 0 Å². The van der Waals surface area contributed by atoms with Gasteiger partial charge in [-0.05, 0) is 23.8 Å². The average Bonchev–Trinajstić information content (AvgIpc) is 2.58. The highest BCUT2D eigenvalue weighted by Gasteiger charge is 2.18. The van der Waals surface area contributed by atoms with Gasteiger partial charge in [0.2, 0.25) is 0 Å². The number of H-pyrrole nitrogens is 1. The molecule has 22 heavy (non-hydrogen) atoms. The second-order valence-electron chi connectivity index (χ2n) is 5.08. The van der Waals surface area contributed by atoms with E-state index >= 15 is 0 Å². The van der Waals surface area contributed by atoms with Gasteiger partial charge in [-0.1, -0.05) is 12.1 Å². The molecule has 6 heteroatoms. The largest absolute Gasteiger partial charge is 0.503 e. The van der Waals surface area contributed by atoms with Crippen molar-refractivity contribution < 1.29 is 14.6 Å². The number of carbonyl (C=O) groups is 1. The summed E-state index contributed by atoms with van der Waals surface area (Å²) in [5, 5.41) is 9.46. The third kappa shape index (κ3) is 2.87. The molecule has 0 unspecified atom stereocenters. The topological polar surface area (TPSA) is 82.6 Å². The number of morpholine rings is 1. The zero-order valence-corrected chi connectivity index (χ0v) is 11.9. The summed E-state index contributed by atoms with van der Waals surface area (Å²) >= 11 is 0. The highest BCUT2D eigenvalue weighted by Crippen LogP contribution is 2.21. The molecule has 1 aromatic heterocycles. The Balaban J connectivity index is 1.81. The van der Waals surface area contributed by atoms with Crippen LogP contribution >= 0.6 is 0 Å². The normalized spacial score (nSPS) is 14.8. The Hall–Kier alpha value is -2.60. The molecule has 0 aliphatic carbocycles. The highest BCUT2D eigenvalue weighted by molar-refractivity contribution is 5.94. The third-order valence-corrected chi connectivity index (χ3v) is 3.65. The molecule has 0 spiro atoms. The summed E-state index contributed by atoms with van der Waals surface area (Å²) < 4.78 is 5.24. The third-order valence-electron chi connectivity index (χ3n) is 3.65. The SMILES string of the molecule is O=C(c1ccc(-c2c[nH]c(=O)c(O)c2)cc1)N1CCOCC1. The number of hydrogen-bond acceptors (Lipinski definition) is 4. The summed E-state index contributed by atoms with van der Waals surface area (Å²) in [5.41, 5.74) is 1.58. The van der Waals surface area contributed by atoms with Gasteiger partial charge in [-0.25, -0.2) is 0 Å². The lowest BCUT2D eigenvalue weighted by Crippen LogP contribution is -2.40. The number of ether oxygens (including phenoxy) is 1. The first-order chi connectivity index (χ1) is 10.6. The number of nitrogens with one attached hydrogen (secondary N) is 1. The molecule has 2 heterocycles. The fourth-order valence-corrected chi connectivity index (χ4v) is 2.39. The lowest BCUT2D eigenvalue weighted by Gasteiger charge is -2.26. The van der Waals surface area contributed by atoms with E-state index in [4.69, 9.17) is 4.74 Å². The molecule has 1 fully saturated rings. The highest BCUT2D eigenvalue weighted by atomic mass is 16.5. The van der Waals surface area contributed by atoms with Crippen LogP contribution in [0.1, 0.15) is 10.4 Å². The maximum absolute atomic E-state index is 12.3. The van der Waals surface area contributed by atoms with Gasteiger partial charge in [-0.3, -0.25) is 9.59 Å². The van der Waals surface area contributed by atoms with Gasteiger partial charge < -0.3 is 19.7 Å². The number of hydrogen-bond donors (Lipinski definition) is 2. The van der Waals surface area contributed by atoms with Crippen LogP contribution in [0.5, 0.6) is 5.75 Å². The van der Waals surface area contributed by atoms with E-state index in [0.29, 0.717) is 37.4 Å². The number of carbonyl (C=O) groups excluding carboxylic acids is 1. The first-order valence-electron chi connectivity index (χ1n) is 7.04. The van der Waals surface area contributed by atoms with Gasteiger partial charge in [0.15, 0.2) is 5.75 Å². The lowest BCUT2D eigenvalue weighted by molar-refractivity contribution is 0.0303. The molecule has 0 radical (unpaired) electrons. The number of benzene rings is 1. The Morgan fingerprint density at radius 2 is 1.82 bits per heavy atom. The van der Waals surface area contributed by atoms with Crippen molar-refractivity contribution >= 4 is 5.91 Å². The predicted octanol–water partition coefficient (Wildman–Crippen LogP) is 1.22. The molecule has 2 aromatic rings. The molecule has 1 aromatic carbocycles. The molecule has 1 aliphatic heterocycles. The number of amides is 1. The second-order valence-corrected chi connectivity index (χ2v) is 5.08. The maximum atomic E-state index is 12.3. The van der Waals surface area contributed by atoms with E-state index < -0.39 is 5.56 Å². The van der Waals surface area contributed by atoms with E-state index in [-0.39, 0.29) is 11.7 Å². The molecular formula is C16H16N2O4. The van der Waals surface area contributed by atoms with Gasteiger partial charge in [0.05, 0.1) is 13.2 Å². The fourth-order valence-electron chi connectivity index (χ4n) is 2.39.